The number of carbonyl (C=O) groups excluding carboxylic acids is 2. The molecule has 0 aromatic heterocycles. The van der Waals surface area contributed by atoms with E-state index in [4.69, 9.17) is 0 Å². The Bertz CT molecular complexity index is 665. The zero-order valence-electron chi connectivity index (χ0n) is 14.2. The maximum Gasteiger partial charge on any atom is 0.397 e. The Kier molecular flexibility index (Phi) is 6.55. The average molecular weight is 325 g/mol. The minimum atomic E-state index is -0.835. The van der Waals surface area contributed by atoms with E-state index < -0.39 is 11.9 Å². The van der Waals surface area contributed by atoms with Gasteiger partial charge >= 0.3 is 11.9 Å². The van der Waals surface area contributed by atoms with Crippen molar-refractivity contribution < 1.29 is 14.3 Å². The first-order chi connectivity index (χ1) is 11.6. The molecule has 126 valence electrons. The van der Waals surface area contributed by atoms with Crippen LogP contribution in [0, 0.1) is 6.92 Å². The monoisotopic (exact) mass is 325 g/mol. The third-order valence-corrected chi connectivity index (χ3v) is 3.89. The fraction of sp³-hybridized carbons (Fsp3) is 0.300. The molecule has 0 N–H and O–H groups in total. The van der Waals surface area contributed by atoms with Gasteiger partial charge in [0, 0.05) is 12.2 Å². The predicted molar refractivity (Wildman–Crippen MR) is 94.9 cm³/mol. The van der Waals surface area contributed by atoms with Crippen molar-refractivity contribution in [3.63, 3.8) is 0 Å². The van der Waals surface area contributed by atoms with E-state index in [9.17, 15) is 9.59 Å². The van der Waals surface area contributed by atoms with Crippen LogP contribution >= 0.6 is 0 Å². The SMILES string of the molecule is COC(=O)C(=O)N(CCCCc1ccccc1)c1ccc(C)cc1. The molecule has 0 saturated carbocycles. The third kappa shape index (κ3) is 4.95. The summed E-state index contributed by atoms with van der Waals surface area (Å²) in [5, 5.41) is 0. The van der Waals surface area contributed by atoms with Gasteiger partial charge in [-0.2, -0.15) is 0 Å². The van der Waals surface area contributed by atoms with E-state index in [2.05, 4.69) is 16.9 Å². The molecule has 0 unspecified atom stereocenters. The van der Waals surface area contributed by atoms with Crippen molar-refractivity contribution in [2.24, 2.45) is 0 Å². The lowest BCUT2D eigenvalue weighted by Gasteiger charge is -2.21. The lowest BCUT2D eigenvalue weighted by atomic mass is 10.1. The van der Waals surface area contributed by atoms with E-state index in [1.807, 2.05) is 49.4 Å². The van der Waals surface area contributed by atoms with E-state index >= 15 is 0 Å². The number of hydrogen-bond donors (Lipinski definition) is 0. The van der Waals surface area contributed by atoms with Crippen LogP contribution in [0.5, 0.6) is 0 Å². The molecule has 4 nitrogen and oxygen atoms in total. The van der Waals surface area contributed by atoms with Crippen LogP contribution in [-0.4, -0.2) is 25.5 Å². The zero-order valence-corrected chi connectivity index (χ0v) is 14.2. The van der Waals surface area contributed by atoms with Gasteiger partial charge in [0.25, 0.3) is 0 Å². The fourth-order valence-electron chi connectivity index (χ4n) is 2.51. The molecule has 2 rings (SSSR count). The average Bonchev–Trinajstić information content (AvgIpc) is 2.62. The lowest BCUT2D eigenvalue weighted by Crippen LogP contribution is -2.38. The van der Waals surface area contributed by atoms with Crippen LogP contribution in [0.1, 0.15) is 24.0 Å². The second-order valence-corrected chi connectivity index (χ2v) is 5.73. The summed E-state index contributed by atoms with van der Waals surface area (Å²) in [6.45, 7) is 2.47. The number of nitrogens with zero attached hydrogens (tertiary/aromatic N) is 1. The van der Waals surface area contributed by atoms with Gasteiger partial charge in [-0.15, -0.1) is 0 Å². The van der Waals surface area contributed by atoms with Gasteiger partial charge in [-0.3, -0.25) is 4.79 Å². The second kappa shape index (κ2) is 8.87. The van der Waals surface area contributed by atoms with E-state index in [0.29, 0.717) is 6.54 Å². The summed E-state index contributed by atoms with van der Waals surface area (Å²) in [7, 11) is 1.23. The van der Waals surface area contributed by atoms with Crippen LogP contribution in [0.3, 0.4) is 0 Å². The van der Waals surface area contributed by atoms with Gasteiger partial charge < -0.3 is 9.64 Å². The molecule has 2 aromatic rings. The van der Waals surface area contributed by atoms with Crippen LogP contribution in [0.4, 0.5) is 5.69 Å². The van der Waals surface area contributed by atoms with Gasteiger partial charge in [0.05, 0.1) is 7.11 Å². The summed E-state index contributed by atoms with van der Waals surface area (Å²) in [4.78, 5) is 25.4. The van der Waals surface area contributed by atoms with Crippen LogP contribution in [-0.2, 0) is 20.7 Å². The smallest absolute Gasteiger partial charge is 0.397 e. The van der Waals surface area contributed by atoms with Crippen molar-refractivity contribution in [1.29, 1.82) is 0 Å². The molecule has 0 fully saturated rings. The normalized spacial score (nSPS) is 10.2. The Morgan fingerprint density at radius 2 is 1.62 bits per heavy atom. The Hall–Kier alpha value is -2.62. The van der Waals surface area contributed by atoms with Crippen LogP contribution in [0.15, 0.2) is 54.6 Å². The highest BCUT2D eigenvalue weighted by atomic mass is 16.5. The zero-order chi connectivity index (χ0) is 17.4. The summed E-state index contributed by atoms with van der Waals surface area (Å²) in [6, 6.07) is 17.8. The lowest BCUT2D eigenvalue weighted by molar-refractivity contribution is -0.151. The molecule has 0 heterocycles. The number of aryl methyl sites for hydroxylation is 2. The summed E-state index contributed by atoms with van der Waals surface area (Å²) < 4.78 is 4.58. The molecule has 0 spiro atoms. The standard InChI is InChI=1S/C20H23NO3/c1-16-11-13-18(14-12-16)21(19(22)20(23)24-2)15-7-6-10-17-8-4-3-5-9-17/h3-5,8-9,11-14H,6-7,10,15H2,1-2H3. The number of anilines is 1. The number of carbonyl (C=O) groups is 2. The highest BCUT2D eigenvalue weighted by Crippen LogP contribution is 2.17. The first-order valence-corrected chi connectivity index (χ1v) is 8.12. The Morgan fingerprint density at radius 3 is 2.25 bits per heavy atom. The number of benzene rings is 2. The summed E-state index contributed by atoms with van der Waals surface area (Å²) >= 11 is 0. The van der Waals surface area contributed by atoms with Crippen molar-refractivity contribution in [1.82, 2.24) is 0 Å². The van der Waals surface area contributed by atoms with Gasteiger partial charge in [-0.05, 0) is 43.9 Å². The molecular weight excluding hydrogens is 302 g/mol. The first-order valence-electron chi connectivity index (χ1n) is 8.12. The van der Waals surface area contributed by atoms with Gasteiger partial charge in [0.15, 0.2) is 0 Å². The minimum absolute atomic E-state index is 0.490. The Balaban J connectivity index is 1.99. The molecule has 0 aliphatic rings. The third-order valence-electron chi connectivity index (χ3n) is 3.89. The van der Waals surface area contributed by atoms with Gasteiger partial charge in [-0.1, -0.05) is 48.0 Å². The molecule has 0 saturated heterocycles. The summed E-state index contributed by atoms with van der Waals surface area (Å²) in [5.41, 5.74) is 3.10. The number of methoxy groups -OCH3 is 1. The molecule has 0 aliphatic heterocycles. The Labute approximate surface area is 143 Å². The number of ether oxygens (including phenoxy) is 1. The fourth-order valence-corrected chi connectivity index (χ4v) is 2.51. The molecule has 2 aromatic carbocycles. The minimum Gasteiger partial charge on any atom is -0.462 e. The molecule has 0 bridgehead atoms. The maximum absolute atomic E-state index is 12.3. The molecular formula is C20H23NO3. The molecule has 0 radical (unpaired) electrons. The van der Waals surface area contributed by atoms with Crippen molar-refractivity contribution in [2.75, 3.05) is 18.6 Å². The number of hydrogen-bond acceptors (Lipinski definition) is 3. The number of amides is 1. The summed E-state index contributed by atoms with van der Waals surface area (Å²) in [6.07, 6.45) is 2.71. The summed E-state index contributed by atoms with van der Waals surface area (Å²) in [5.74, 6) is -1.46. The largest absolute Gasteiger partial charge is 0.462 e. The van der Waals surface area contributed by atoms with Crippen molar-refractivity contribution >= 4 is 17.6 Å². The number of esters is 1. The topological polar surface area (TPSA) is 46.6 Å². The van der Waals surface area contributed by atoms with Gasteiger partial charge in [0.1, 0.15) is 0 Å². The Morgan fingerprint density at radius 1 is 0.958 bits per heavy atom. The van der Waals surface area contributed by atoms with Gasteiger partial charge in [0.2, 0.25) is 0 Å². The van der Waals surface area contributed by atoms with Crippen LogP contribution in [0.2, 0.25) is 0 Å². The molecule has 1 amide bonds. The van der Waals surface area contributed by atoms with Crippen molar-refractivity contribution in [2.45, 2.75) is 26.2 Å². The second-order valence-electron chi connectivity index (χ2n) is 5.73. The van der Waals surface area contributed by atoms with Crippen molar-refractivity contribution in [3.8, 4) is 0 Å². The molecule has 0 atom stereocenters. The van der Waals surface area contributed by atoms with Crippen LogP contribution < -0.4 is 4.90 Å². The van der Waals surface area contributed by atoms with E-state index in [1.54, 1.807) is 0 Å². The molecule has 0 aliphatic carbocycles. The highest BCUT2D eigenvalue weighted by molar-refractivity contribution is 6.38. The van der Waals surface area contributed by atoms with Gasteiger partial charge in [-0.25, -0.2) is 4.79 Å². The maximum atomic E-state index is 12.3. The molecule has 24 heavy (non-hydrogen) atoms. The molecule has 4 heteroatoms. The number of unbranched alkanes of at least 4 members (excludes halogenated alkanes) is 1. The highest BCUT2D eigenvalue weighted by Gasteiger charge is 2.23. The number of rotatable bonds is 6. The van der Waals surface area contributed by atoms with E-state index in [-0.39, 0.29) is 0 Å². The van der Waals surface area contributed by atoms with Crippen LogP contribution in [0.25, 0.3) is 0 Å². The quantitative estimate of drug-likeness (QED) is 0.464. The first kappa shape index (κ1) is 17.7. The van der Waals surface area contributed by atoms with E-state index in [1.165, 1.54) is 17.6 Å². The predicted octanol–water partition coefficient (Wildman–Crippen LogP) is 3.52. The van der Waals surface area contributed by atoms with E-state index in [0.717, 1.165) is 30.5 Å². The van der Waals surface area contributed by atoms with Crippen molar-refractivity contribution in [3.05, 3.63) is 65.7 Å².